The quantitative estimate of drug-likeness (QED) is 0.343. The van der Waals surface area contributed by atoms with Gasteiger partial charge in [0.2, 0.25) is 0 Å². The van der Waals surface area contributed by atoms with Crippen LogP contribution in [0.15, 0.2) is 69.7 Å². The number of esters is 2. The second kappa shape index (κ2) is 9.66. The van der Waals surface area contributed by atoms with Gasteiger partial charge >= 0.3 is 11.9 Å². The molecule has 0 aromatic heterocycles. The number of rotatable bonds is 5. The zero-order chi connectivity index (χ0) is 21.5. The smallest absolute Gasteiger partial charge is 0.337 e. The van der Waals surface area contributed by atoms with Crippen molar-refractivity contribution in [2.24, 2.45) is 10.2 Å². The molecule has 0 atom stereocenters. The summed E-state index contributed by atoms with van der Waals surface area (Å²) in [6.45, 7) is 0. The van der Waals surface area contributed by atoms with Crippen LogP contribution in [0.25, 0.3) is 11.1 Å². The summed E-state index contributed by atoms with van der Waals surface area (Å²) in [5.74, 6) is -1.46. The Morgan fingerprint density at radius 3 is 2.50 bits per heavy atom. The van der Waals surface area contributed by atoms with Crippen molar-refractivity contribution in [3.63, 3.8) is 0 Å². The molecule has 1 N–H and O–H groups in total. The Balaban J connectivity index is 1.75. The molecule has 0 radical (unpaired) electrons. The lowest BCUT2D eigenvalue weighted by Gasteiger charge is -2.05. The standard InChI is InChI=1S/C21H17N3O5S/c1-28-18(25)11-17-19(26)23-21(30-17)24-22-12-13-5-3-6-14(9-13)15-7-4-8-16(10-15)20(27)29-2/h3-12H,1-2H3,(H,23,24,26)/b17-11+,22-12?. The molecule has 0 spiro atoms. The Morgan fingerprint density at radius 1 is 1.03 bits per heavy atom. The molecular weight excluding hydrogens is 406 g/mol. The van der Waals surface area contributed by atoms with E-state index in [9.17, 15) is 14.4 Å². The molecule has 1 heterocycles. The maximum absolute atomic E-state index is 11.8. The first kappa shape index (κ1) is 21.0. The van der Waals surface area contributed by atoms with Crippen LogP contribution < -0.4 is 5.32 Å². The van der Waals surface area contributed by atoms with E-state index in [4.69, 9.17) is 4.74 Å². The minimum Gasteiger partial charge on any atom is -0.466 e. The normalized spacial score (nSPS) is 16.1. The van der Waals surface area contributed by atoms with Crippen LogP contribution in [0.2, 0.25) is 0 Å². The molecule has 152 valence electrons. The monoisotopic (exact) mass is 423 g/mol. The lowest BCUT2D eigenvalue weighted by atomic mass is 10.0. The molecule has 0 bridgehead atoms. The Morgan fingerprint density at radius 2 is 1.77 bits per heavy atom. The molecule has 2 aromatic carbocycles. The van der Waals surface area contributed by atoms with Gasteiger partial charge in [0.05, 0.1) is 30.9 Å². The molecule has 9 heteroatoms. The topological polar surface area (TPSA) is 106 Å². The summed E-state index contributed by atoms with van der Waals surface area (Å²) >= 11 is 0.996. The minimum atomic E-state index is -0.620. The number of benzene rings is 2. The van der Waals surface area contributed by atoms with E-state index in [0.717, 1.165) is 34.5 Å². The van der Waals surface area contributed by atoms with Crippen molar-refractivity contribution in [1.29, 1.82) is 0 Å². The van der Waals surface area contributed by atoms with Gasteiger partial charge in [0.15, 0.2) is 5.17 Å². The zero-order valence-corrected chi connectivity index (χ0v) is 16.9. The highest BCUT2D eigenvalue weighted by Gasteiger charge is 2.24. The van der Waals surface area contributed by atoms with Crippen LogP contribution in [0.4, 0.5) is 0 Å². The van der Waals surface area contributed by atoms with Crippen LogP contribution in [0, 0.1) is 0 Å². The van der Waals surface area contributed by atoms with Gasteiger partial charge in [0.25, 0.3) is 5.91 Å². The molecule has 30 heavy (non-hydrogen) atoms. The zero-order valence-electron chi connectivity index (χ0n) is 16.1. The first-order valence-corrected chi connectivity index (χ1v) is 9.50. The summed E-state index contributed by atoms with van der Waals surface area (Å²) in [6.07, 6.45) is 2.63. The Kier molecular flexibility index (Phi) is 6.76. The van der Waals surface area contributed by atoms with Crippen molar-refractivity contribution in [2.75, 3.05) is 14.2 Å². The summed E-state index contributed by atoms with van der Waals surface area (Å²) in [4.78, 5) is 35.0. The highest BCUT2D eigenvalue weighted by Crippen LogP contribution is 2.24. The average molecular weight is 423 g/mol. The number of amidine groups is 1. The third-order valence-electron chi connectivity index (χ3n) is 3.96. The largest absolute Gasteiger partial charge is 0.466 e. The molecular formula is C21H17N3O5S. The van der Waals surface area contributed by atoms with Crippen molar-refractivity contribution in [1.82, 2.24) is 5.32 Å². The Bertz CT molecular complexity index is 1090. The molecule has 1 saturated heterocycles. The maximum Gasteiger partial charge on any atom is 0.337 e. The third-order valence-corrected chi connectivity index (χ3v) is 4.86. The van der Waals surface area contributed by atoms with Crippen molar-refractivity contribution in [3.05, 3.63) is 70.6 Å². The summed E-state index contributed by atoms with van der Waals surface area (Å²) in [5.41, 5.74) is 2.99. The van der Waals surface area contributed by atoms with E-state index in [1.807, 2.05) is 30.3 Å². The lowest BCUT2D eigenvalue weighted by molar-refractivity contribution is -0.135. The maximum atomic E-state index is 11.8. The molecule has 1 aliphatic heterocycles. The Hall–Kier alpha value is -3.72. The summed E-state index contributed by atoms with van der Waals surface area (Å²) in [6, 6.07) is 14.6. The van der Waals surface area contributed by atoms with Gasteiger partial charge in [-0.1, -0.05) is 30.3 Å². The fraction of sp³-hybridized carbons (Fsp3) is 0.0952. The predicted octanol–water partition coefficient (Wildman–Crippen LogP) is 2.75. The number of hydrogen-bond acceptors (Lipinski definition) is 8. The van der Waals surface area contributed by atoms with Crippen LogP contribution in [-0.4, -0.2) is 43.4 Å². The first-order chi connectivity index (χ1) is 14.5. The number of amides is 1. The van der Waals surface area contributed by atoms with E-state index in [1.165, 1.54) is 20.4 Å². The minimum absolute atomic E-state index is 0.184. The number of carbonyl (C=O) groups excluding carboxylic acids is 3. The van der Waals surface area contributed by atoms with Gasteiger partial charge in [0.1, 0.15) is 0 Å². The van der Waals surface area contributed by atoms with Gasteiger partial charge in [-0.3, -0.25) is 10.1 Å². The van der Waals surface area contributed by atoms with Crippen molar-refractivity contribution < 1.29 is 23.9 Å². The van der Waals surface area contributed by atoms with E-state index in [0.29, 0.717) is 5.56 Å². The van der Waals surface area contributed by atoms with Crippen LogP contribution in [-0.2, 0) is 19.1 Å². The molecule has 1 aliphatic rings. The number of nitrogens with zero attached hydrogens (tertiary/aromatic N) is 2. The van der Waals surface area contributed by atoms with Gasteiger partial charge in [-0.2, -0.15) is 5.10 Å². The number of carbonyl (C=O) groups is 3. The summed E-state index contributed by atoms with van der Waals surface area (Å²) in [5, 5.41) is 10.7. The van der Waals surface area contributed by atoms with Gasteiger partial charge < -0.3 is 9.47 Å². The van der Waals surface area contributed by atoms with Crippen molar-refractivity contribution in [2.45, 2.75) is 0 Å². The van der Waals surface area contributed by atoms with E-state index in [2.05, 4.69) is 20.3 Å². The van der Waals surface area contributed by atoms with Gasteiger partial charge in [-0.25, -0.2) is 9.59 Å². The highest BCUT2D eigenvalue weighted by molar-refractivity contribution is 8.18. The number of hydrogen-bond donors (Lipinski definition) is 1. The Labute approximate surface area is 176 Å². The molecule has 0 aliphatic carbocycles. The second-order valence-electron chi connectivity index (χ2n) is 5.94. The van der Waals surface area contributed by atoms with Crippen LogP contribution in [0.5, 0.6) is 0 Å². The van der Waals surface area contributed by atoms with E-state index < -0.39 is 17.8 Å². The van der Waals surface area contributed by atoms with Crippen LogP contribution in [0.3, 0.4) is 0 Å². The average Bonchev–Trinajstić information content (AvgIpc) is 3.12. The van der Waals surface area contributed by atoms with Gasteiger partial charge in [-0.15, -0.1) is 5.10 Å². The van der Waals surface area contributed by atoms with E-state index in [1.54, 1.807) is 18.2 Å². The van der Waals surface area contributed by atoms with E-state index in [-0.39, 0.29) is 10.1 Å². The molecule has 3 rings (SSSR count). The van der Waals surface area contributed by atoms with Crippen LogP contribution in [0.1, 0.15) is 15.9 Å². The molecule has 1 fully saturated rings. The number of ether oxygens (including phenoxy) is 2. The number of thioether (sulfide) groups is 1. The third kappa shape index (κ3) is 5.21. The highest BCUT2D eigenvalue weighted by atomic mass is 32.2. The van der Waals surface area contributed by atoms with Crippen LogP contribution >= 0.6 is 11.8 Å². The molecule has 0 unspecified atom stereocenters. The number of nitrogens with one attached hydrogen (secondary N) is 1. The number of methoxy groups -OCH3 is 2. The molecule has 0 saturated carbocycles. The molecule has 8 nitrogen and oxygen atoms in total. The fourth-order valence-corrected chi connectivity index (χ4v) is 3.27. The first-order valence-electron chi connectivity index (χ1n) is 8.69. The molecule has 2 aromatic rings. The van der Waals surface area contributed by atoms with Gasteiger partial charge in [-0.05, 0) is 46.7 Å². The van der Waals surface area contributed by atoms with Gasteiger partial charge in [0, 0.05) is 6.08 Å². The summed E-state index contributed by atoms with van der Waals surface area (Å²) < 4.78 is 9.26. The predicted molar refractivity (Wildman–Crippen MR) is 114 cm³/mol. The second-order valence-corrected chi connectivity index (χ2v) is 6.97. The molecule has 1 amide bonds. The fourth-order valence-electron chi connectivity index (χ4n) is 2.53. The lowest BCUT2D eigenvalue weighted by Crippen LogP contribution is -2.19. The summed E-state index contributed by atoms with van der Waals surface area (Å²) in [7, 11) is 2.57. The van der Waals surface area contributed by atoms with E-state index >= 15 is 0 Å². The SMILES string of the molecule is COC(=O)/C=C1/S/C(=N\N=Cc2cccc(-c3cccc(C(=O)OC)c3)c2)NC1=O. The van der Waals surface area contributed by atoms with Crippen molar-refractivity contribution >= 4 is 41.0 Å². The van der Waals surface area contributed by atoms with Crippen molar-refractivity contribution in [3.8, 4) is 11.1 Å².